The molecular formula is C11H13BrClFO3S. The van der Waals surface area contributed by atoms with E-state index in [0.29, 0.717) is 4.47 Å². The molecule has 1 unspecified atom stereocenters. The molecule has 7 heteroatoms. The molecule has 1 N–H and O–H groups in total. The van der Waals surface area contributed by atoms with E-state index in [1.807, 2.05) is 0 Å². The molecule has 1 rings (SSSR count). The van der Waals surface area contributed by atoms with Crippen molar-refractivity contribution >= 4 is 37.4 Å². The Bertz CT molecular complexity index is 572. The van der Waals surface area contributed by atoms with Crippen LogP contribution in [0.2, 0.25) is 5.02 Å². The Kier molecular flexibility index (Phi) is 4.48. The average Bonchev–Trinajstić information content (AvgIpc) is 2.20. The first-order valence-corrected chi connectivity index (χ1v) is 8.07. The third-order valence-electron chi connectivity index (χ3n) is 2.95. The van der Waals surface area contributed by atoms with E-state index in [1.165, 1.54) is 19.9 Å². The molecule has 102 valence electrons. The minimum absolute atomic E-state index is 0.140. The van der Waals surface area contributed by atoms with Crippen LogP contribution in [0.25, 0.3) is 0 Å². The zero-order chi connectivity index (χ0) is 14.3. The van der Waals surface area contributed by atoms with Crippen molar-refractivity contribution in [1.82, 2.24) is 0 Å². The van der Waals surface area contributed by atoms with E-state index in [-0.39, 0.29) is 10.6 Å². The Labute approximate surface area is 119 Å². The standard InChI is InChI=1S/C11H13BrClFO3S/c1-11(2,18(3,16)17)10(15)6-4-8(13)7(12)5-9(6)14/h4-5,10,15H,1-3H3. The number of aliphatic hydroxyl groups is 1. The molecule has 0 heterocycles. The van der Waals surface area contributed by atoms with E-state index in [0.717, 1.165) is 12.3 Å². The van der Waals surface area contributed by atoms with Gasteiger partial charge >= 0.3 is 0 Å². The van der Waals surface area contributed by atoms with Crippen molar-refractivity contribution in [3.63, 3.8) is 0 Å². The SMILES string of the molecule is CC(C)(C(O)c1cc(Cl)c(Br)cc1F)S(C)(=O)=O. The van der Waals surface area contributed by atoms with Gasteiger partial charge in [0.05, 0.1) is 9.77 Å². The van der Waals surface area contributed by atoms with E-state index in [9.17, 15) is 17.9 Å². The van der Waals surface area contributed by atoms with Crippen LogP contribution in [0.15, 0.2) is 16.6 Å². The number of benzene rings is 1. The van der Waals surface area contributed by atoms with Gasteiger partial charge in [0.2, 0.25) is 0 Å². The van der Waals surface area contributed by atoms with Gasteiger partial charge in [0, 0.05) is 16.3 Å². The van der Waals surface area contributed by atoms with E-state index in [2.05, 4.69) is 15.9 Å². The Hall–Kier alpha value is -0.170. The highest BCUT2D eigenvalue weighted by Gasteiger charge is 2.40. The maximum absolute atomic E-state index is 13.8. The molecule has 1 atom stereocenters. The van der Waals surface area contributed by atoms with E-state index in [1.54, 1.807) is 0 Å². The van der Waals surface area contributed by atoms with Gasteiger partial charge < -0.3 is 5.11 Å². The predicted molar refractivity (Wildman–Crippen MR) is 73.0 cm³/mol. The maximum Gasteiger partial charge on any atom is 0.155 e. The highest BCUT2D eigenvalue weighted by Crippen LogP contribution is 2.36. The molecule has 0 radical (unpaired) electrons. The number of halogens is 3. The van der Waals surface area contributed by atoms with Crippen molar-refractivity contribution in [1.29, 1.82) is 0 Å². The van der Waals surface area contributed by atoms with Gasteiger partial charge in [0.1, 0.15) is 11.9 Å². The first-order chi connectivity index (χ1) is 7.98. The topological polar surface area (TPSA) is 54.4 Å². The molecule has 3 nitrogen and oxygen atoms in total. The summed E-state index contributed by atoms with van der Waals surface area (Å²) >= 11 is 8.87. The molecular weight excluding hydrogens is 347 g/mol. The summed E-state index contributed by atoms with van der Waals surface area (Å²) in [6.07, 6.45) is -0.507. The molecule has 0 spiro atoms. The molecule has 0 aliphatic carbocycles. The normalized spacial score (nSPS) is 14.6. The molecule has 1 aromatic rings. The summed E-state index contributed by atoms with van der Waals surface area (Å²) in [7, 11) is -3.56. The Morgan fingerprint density at radius 1 is 1.44 bits per heavy atom. The summed E-state index contributed by atoms with van der Waals surface area (Å²) in [6, 6.07) is 2.32. The molecule has 0 fully saturated rings. The van der Waals surface area contributed by atoms with Crippen LogP contribution in [0.5, 0.6) is 0 Å². The molecule has 0 amide bonds. The smallest absolute Gasteiger partial charge is 0.155 e. The number of sulfone groups is 1. The summed E-state index contributed by atoms with van der Waals surface area (Å²) in [5, 5.41) is 10.3. The maximum atomic E-state index is 13.8. The Morgan fingerprint density at radius 2 is 1.94 bits per heavy atom. The van der Waals surface area contributed by atoms with Crippen LogP contribution in [-0.2, 0) is 9.84 Å². The first-order valence-electron chi connectivity index (χ1n) is 5.00. The summed E-state index contributed by atoms with van der Waals surface area (Å²) in [5.41, 5.74) is -0.140. The molecule has 0 saturated carbocycles. The summed E-state index contributed by atoms with van der Waals surface area (Å²) in [6.45, 7) is 2.67. The van der Waals surface area contributed by atoms with Gasteiger partial charge in [0.15, 0.2) is 9.84 Å². The highest BCUT2D eigenvalue weighted by atomic mass is 79.9. The fraction of sp³-hybridized carbons (Fsp3) is 0.455. The third-order valence-corrected chi connectivity index (χ3v) is 6.28. The lowest BCUT2D eigenvalue weighted by Gasteiger charge is -2.29. The van der Waals surface area contributed by atoms with Crippen molar-refractivity contribution in [3.05, 3.63) is 33.0 Å². The summed E-state index contributed by atoms with van der Waals surface area (Å²) in [4.78, 5) is 0. The third kappa shape index (κ3) is 2.87. The molecule has 0 saturated heterocycles. The van der Waals surface area contributed by atoms with Crippen molar-refractivity contribution in [3.8, 4) is 0 Å². The van der Waals surface area contributed by atoms with E-state index >= 15 is 0 Å². The Morgan fingerprint density at radius 3 is 2.39 bits per heavy atom. The van der Waals surface area contributed by atoms with Crippen LogP contribution >= 0.6 is 27.5 Å². The zero-order valence-corrected chi connectivity index (χ0v) is 13.2. The second kappa shape index (κ2) is 5.07. The Balaban J connectivity index is 3.36. The molecule has 0 aliphatic heterocycles. The largest absolute Gasteiger partial charge is 0.387 e. The minimum Gasteiger partial charge on any atom is -0.387 e. The van der Waals surface area contributed by atoms with Crippen molar-refractivity contribution in [2.75, 3.05) is 6.26 Å². The number of hydrogen-bond donors (Lipinski definition) is 1. The lowest BCUT2D eigenvalue weighted by Crippen LogP contribution is -2.38. The van der Waals surface area contributed by atoms with Gasteiger partial charge in [-0.25, -0.2) is 12.8 Å². The predicted octanol–water partition coefficient (Wildman–Crippen LogP) is 3.10. The fourth-order valence-electron chi connectivity index (χ4n) is 1.32. The quantitative estimate of drug-likeness (QED) is 0.844. The van der Waals surface area contributed by atoms with Crippen molar-refractivity contribution in [2.24, 2.45) is 0 Å². The van der Waals surface area contributed by atoms with Crippen LogP contribution in [0.4, 0.5) is 4.39 Å². The minimum atomic E-state index is -3.56. The summed E-state index contributed by atoms with van der Waals surface area (Å²) in [5.74, 6) is -0.712. The zero-order valence-electron chi connectivity index (χ0n) is 10.0. The monoisotopic (exact) mass is 358 g/mol. The lowest BCUT2D eigenvalue weighted by molar-refractivity contribution is 0.135. The van der Waals surface area contributed by atoms with Crippen LogP contribution in [0.3, 0.4) is 0 Å². The molecule has 0 bridgehead atoms. The van der Waals surface area contributed by atoms with Gasteiger partial charge in [-0.3, -0.25) is 0 Å². The number of rotatable bonds is 3. The van der Waals surface area contributed by atoms with Crippen molar-refractivity contribution in [2.45, 2.75) is 24.7 Å². The van der Waals surface area contributed by atoms with Gasteiger partial charge in [-0.2, -0.15) is 0 Å². The van der Waals surface area contributed by atoms with Gasteiger partial charge in [-0.05, 0) is 41.9 Å². The van der Waals surface area contributed by atoms with Crippen LogP contribution in [-0.4, -0.2) is 24.5 Å². The fourth-order valence-corrected chi connectivity index (χ4v) is 2.34. The van der Waals surface area contributed by atoms with Crippen molar-refractivity contribution < 1.29 is 17.9 Å². The van der Waals surface area contributed by atoms with Gasteiger partial charge in [0.25, 0.3) is 0 Å². The number of aliphatic hydroxyl groups excluding tert-OH is 1. The lowest BCUT2D eigenvalue weighted by atomic mass is 9.98. The second-order valence-corrected chi connectivity index (χ2v) is 8.42. The average molecular weight is 360 g/mol. The summed E-state index contributed by atoms with van der Waals surface area (Å²) < 4.78 is 35.8. The van der Waals surface area contributed by atoms with Gasteiger partial charge in [-0.15, -0.1) is 0 Å². The molecule has 0 aliphatic rings. The van der Waals surface area contributed by atoms with E-state index in [4.69, 9.17) is 11.6 Å². The van der Waals surface area contributed by atoms with Gasteiger partial charge in [-0.1, -0.05) is 11.6 Å². The molecule has 0 aromatic heterocycles. The number of hydrogen-bond acceptors (Lipinski definition) is 3. The second-order valence-electron chi connectivity index (χ2n) is 4.57. The molecule has 18 heavy (non-hydrogen) atoms. The van der Waals surface area contributed by atoms with Crippen LogP contribution in [0, 0.1) is 5.82 Å². The highest BCUT2D eigenvalue weighted by molar-refractivity contribution is 9.10. The molecule has 1 aromatic carbocycles. The van der Waals surface area contributed by atoms with E-state index < -0.39 is 26.5 Å². The van der Waals surface area contributed by atoms with Crippen LogP contribution in [0.1, 0.15) is 25.5 Å². The first kappa shape index (κ1) is 15.9. The van der Waals surface area contributed by atoms with Crippen LogP contribution < -0.4 is 0 Å².